The predicted molar refractivity (Wildman–Crippen MR) is 63.7 cm³/mol. The number of hydrogen-bond donors (Lipinski definition) is 2. The summed E-state index contributed by atoms with van der Waals surface area (Å²) in [5.74, 6) is 0.158. The van der Waals surface area contributed by atoms with Gasteiger partial charge in [0.1, 0.15) is 0 Å². The first-order chi connectivity index (χ1) is 7.68. The lowest BCUT2D eigenvalue weighted by atomic mass is 10.2. The molecular formula is C12H19N3O. The van der Waals surface area contributed by atoms with Crippen molar-refractivity contribution in [2.75, 3.05) is 26.2 Å². The van der Waals surface area contributed by atoms with Gasteiger partial charge in [0.05, 0.1) is 5.56 Å². The molecule has 1 fully saturated rings. The van der Waals surface area contributed by atoms with Crippen molar-refractivity contribution in [2.24, 2.45) is 0 Å². The highest BCUT2D eigenvalue weighted by Gasteiger charge is 2.19. The second-order valence-corrected chi connectivity index (χ2v) is 4.39. The van der Waals surface area contributed by atoms with Crippen LogP contribution in [0.3, 0.4) is 0 Å². The highest BCUT2D eigenvalue weighted by atomic mass is 16.2. The molecule has 1 amide bonds. The SMILES string of the molecule is Cc1cc(C(=O)N2CCCNCC2)c(C)[nH]1. The Balaban J connectivity index is 2.14. The van der Waals surface area contributed by atoms with Gasteiger partial charge in [-0.25, -0.2) is 0 Å². The Labute approximate surface area is 96.0 Å². The lowest BCUT2D eigenvalue weighted by Crippen LogP contribution is -2.34. The van der Waals surface area contributed by atoms with E-state index in [4.69, 9.17) is 0 Å². The van der Waals surface area contributed by atoms with Gasteiger partial charge in [-0.1, -0.05) is 0 Å². The van der Waals surface area contributed by atoms with Crippen LogP contribution >= 0.6 is 0 Å². The third-order valence-corrected chi connectivity index (χ3v) is 3.01. The minimum absolute atomic E-state index is 0.158. The summed E-state index contributed by atoms with van der Waals surface area (Å²) in [5.41, 5.74) is 2.84. The van der Waals surface area contributed by atoms with Gasteiger partial charge in [-0.15, -0.1) is 0 Å². The topological polar surface area (TPSA) is 48.1 Å². The molecule has 0 spiro atoms. The molecule has 4 heteroatoms. The molecule has 0 radical (unpaired) electrons. The van der Waals surface area contributed by atoms with E-state index in [1.54, 1.807) is 0 Å². The molecule has 0 aromatic carbocycles. The smallest absolute Gasteiger partial charge is 0.255 e. The Morgan fingerprint density at radius 2 is 2.12 bits per heavy atom. The fraction of sp³-hybridized carbons (Fsp3) is 0.583. The van der Waals surface area contributed by atoms with E-state index in [0.29, 0.717) is 0 Å². The van der Waals surface area contributed by atoms with E-state index in [0.717, 1.165) is 49.6 Å². The van der Waals surface area contributed by atoms with Crippen LogP contribution in [0.1, 0.15) is 28.2 Å². The van der Waals surface area contributed by atoms with E-state index in [1.165, 1.54) is 0 Å². The summed E-state index contributed by atoms with van der Waals surface area (Å²) < 4.78 is 0. The number of nitrogens with zero attached hydrogens (tertiary/aromatic N) is 1. The van der Waals surface area contributed by atoms with E-state index in [2.05, 4.69) is 10.3 Å². The van der Waals surface area contributed by atoms with Crippen molar-refractivity contribution in [2.45, 2.75) is 20.3 Å². The van der Waals surface area contributed by atoms with Crippen LogP contribution in [0, 0.1) is 13.8 Å². The third kappa shape index (κ3) is 2.27. The van der Waals surface area contributed by atoms with Crippen LogP contribution in [-0.2, 0) is 0 Å². The van der Waals surface area contributed by atoms with Crippen molar-refractivity contribution >= 4 is 5.91 Å². The van der Waals surface area contributed by atoms with Crippen molar-refractivity contribution in [3.8, 4) is 0 Å². The first kappa shape index (κ1) is 11.2. The summed E-state index contributed by atoms with van der Waals surface area (Å²) >= 11 is 0. The molecular weight excluding hydrogens is 202 g/mol. The molecule has 88 valence electrons. The van der Waals surface area contributed by atoms with Gasteiger partial charge in [-0.3, -0.25) is 4.79 Å². The number of aromatic nitrogens is 1. The normalized spacial score (nSPS) is 17.2. The zero-order valence-electron chi connectivity index (χ0n) is 9.97. The molecule has 0 aliphatic carbocycles. The summed E-state index contributed by atoms with van der Waals surface area (Å²) in [6.45, 7) is 7.51. The van der Waals surface area contributed by atoms with Gasteiger partial charge in [0.15, 0.2) is 0 Å². The maximum Gasteiger partial charge on any atom is 0.255 e. The van der Waals surface area contributed by atoms with Gasteiger partial charge in [-0.05, 0) is 32.9 Å². The molecule has 4 nitrogen and oxygen atoms in total. The molecule has 2 rings (SSSR count). The zero-order chi connectivity index (χ0) is 11.5. The fourth-order valence-electron chi connectivity index (χ4n) is 2.17. The third-order valence-electron chi connectivity index (χ3n) is 3.01. The number of aryl methyl sites for hydroxylation is 2. The molecule has 1 aliphatic heterocycles. The van der Waals surface area contributed by atoms with Crippen molar-refractivity contribution in [1.82, 2.24) is 15.2 Å². The summed E-state index contributed by atoms with van der Waals surface area (Å²) in [5, 5.41) is 3.30. The minimum Gasteiger partial charge on any atom is -0.362 e. The minimum atomic E-state index is 0.158. The summed E-state index contributed by atoms with van der Waals surface area (Å²) in [4.78, 5) is 17.4. The first-order valence-electron chi connectivity index (χ1n) is 5.84. The standard InChI is InChI=1S/C12H19N3O/c1-9-8-11(10(2)14-9)12(16)15-6-3-4-13-5-7-15/h8,13-14H,3-7H2,1-2H3. The van der Waals surface area contributed by atoms with E-state index >= 15 is 0 Å². The Bertz CT molecular complexity index is 376. The van der Waals surface area contributed by atoms with E-state index in [9.17, 15) is 4.79 Å². The maximum absolute atomic E-state index is 12.3. The summed E-state index contributed by atoms with van der Waals surface area (Å²) in [6.07, 6.45) is 1.04. The molecule has 2 N–H and O–H groups in total. The highest BCUT2D eigenvalue weighted by molar-refractivity contribution is 5.95. The Morgan fingerprint density at radius 1 is 1.31 bits per heavy atom. The van der Waals surface area contributed by atoms with Crippen LogP contribution in [0.25, 0.3) is 0 Å². The molecule has 0 saturated carbocycles. The monoisotopic (exact) mass is 221 g/mol. The molecule has 1 aromatic rings. The predicted octanol–water partition coefficient (Wildman–Crippen LogP) is 1.07. The average Bonchev–Trinajstić information content (AvgIpc) is 2.49. The van der Waals surface area contributed by atoms with E-state index in [-0.39, 0.29) is 5.91 Å². The van der Waals surface area contributed by atoms with Crippen LogP contribution < -0.4 is 5.32 Å². The number of amides is 1. The number of rotatable bonds is 1. The van der Waals surface area contributed by atoms with Crippen LogP contribution in [0.5, 0.6) is 0 Å². The Morgan fingerprint density at radius 3 is 2.81 bits per heavy atom. The van der Waals surface area contributed by atoms with Crippen LogP contribution in [0.4, 0.5) is 0 Å². The Hall–Kier alpha value is -1.29. The maximum atomic E-state index is 12.3. The van der Waals surface area contributed by atoms with Gasteiger partial charge in [0.2, 0.25) is 0 Å². The van der Waals surface area contributed by atoms with Gasteiger partial charge in [0, 0.05) is 31.0 Å². The van der Waals surface area contributed by atoms with Crippen molar-refractivity contribution < 1.29 is 4.79 Å². The Kier molecular flexibility index (Phi) is 3.29. The lowest BCUT2D eigenvalue weighted by Gasteiger charge is -2.19. The molecule has 16 heavy (non-hydrogen) atoms. The molecule has 2 heterocycles. The van der Waals surface area contributed by atoms with E-state index < -0.39 is 0 Å². The molecule has 0 atom stereocenters. The van der Waals surface area contributed by atoms with Gasteiger partial charge >= 0.3 is 0 Å². The lowest BCUT2D eigenvalue weighted by molar-refractivity contribution is 0.0766. The van der Waals surface area contributed by atoms with E-state index in [1.807, 2.05) is 24.8 Å². The number of hydrogen-bond acceptors (Lipinski definition) is 2. The number of nitrogens with one attached hydrogen (secondary N) is 2. The average molecular weight is 221 g/mol. The van der Waals surface area contributed by atoms with Crippen molar-refractivity contribution in [3.05, 3.63) is 23.0 Å². The second kappa shape index (κ2) is 4.70. The number of carbonyl (C=O) groups excluding carboxylic acids is 1. The first-order valence-corrected chi connectivity index (χ1v) is 5.84. The second-order valence-electron chi connectivity index (χ2n) is 4.39. The fourth-order valence-corrected chi connectivity index (χ4v) is 2.17. The number of carbonyl (C=O) groups is 1. The molecule has 1 aromatic heterocycles. The highest BCUT2D eigenvalue weighted by Crippen LogP contribution is 2.13. The largest absolute Gasteiger partial charge is 0.362 e. The van der Waals surface area contributed by atoms with Crippen molar-refractivity contribution in [3.63, 3.8) is 0 Å². The quantitative estimate of drug-likeness (QED) is 0.745. The molecule has 1 aliphatic rings. The van der Waals surface area contributed by atoms with Gasteiger partial charge in [-0.2, -0.15) is 0 Å². The van der Waals surface area contributed by atoms with Crippen LogP contribution in [0.15, 0.2) is 6.07 Å². The molecule has 0 bridgehead atoms. The van der Waals surface area contributed by atoms with Crippen LogP contribution in [-0.4, -0.2) is 42.0 Å². The van der Waals surface area contributed by atoms with Gasteiger partial charge in [0.25, 0.3) is 5.91 Å². The molecule has 1 saturated heterocycles. The zero-order valence-corrected chi connectivity index (χ0v) is 9.97. The van der Waals surface area contributed by atoms with Gasteiger partial charge < -0.3 is 15.2 Å². The van der Waals surface area contributed by atoms with Crippen LogP contribution in [0.2, 0.25) is 0 Å². The summed E-state index contributed by atoms with van der Waals surface area (Å²) in [7, 11) is 0. The number of H-pyrrole nitrogens is 1. The van der Waals surface area contributed by atoms with Crippen molar-refractivity contribution in [1.29, 1.82) is 0 Å². The number of aromatic amines is 1. The summed E-state index contributed by atoms with van der Waals surface area (Å²) in [6, 6.07) is 1.94. The molecule has 0 unspecified atom stereocenters.